The number of halogens is 2. The summed E-state index contributed by atoms with van der Waals surface area (Å²) in [7, 11) is 1.76. The molecule has 18 heavy (non-hydrogen) atoms. The SMILES string of the molecule is Cn1cc(NCC(O)c2cc(F)ccc2F)cn1. The minimum Gasteiger partial charge on any atom is -0.386 e. The first-order valence-corrected chi connectivity index (χ1v) is 5.42. The molecule has 0 radical (unpaired) electrons. The third kappa shape index (κ3) is 2.84. The van der Waals surface area contributed by atoms with Gasteiger partial charge in [-0.05, 0) is 18.2 Å². The predicted octanol–water partition coefficient (Wildman–Crippen LogP) is 1.84. The van der Waals surface area contributed by atoms with Gasteiger partial charge in [0.25, 0.3) is 0 Å². The van der Waals surface area contributed by atoms with Crippen LogP contribution in [0, 0.1) is 11.6 Å². The van der Waals surface area contributed by atoms with Gasteiger partial charge in [0.1, 0.15) is 11.6 Å². The molecule has 1 aromatic heterocycles. The molecule has 2 aromatic rings. The number of anilines is 1. The van der Waals surface area contributed by atoms with Gasteiger partial charge in [0.15, 0.2) is 0 Å². The van der Waals surface area contributed by atoms with E-state index in [-0.39, 0.29) is 12.1 Å². The Morgan fingerprint density at radius 2 is 2.22 bits per heavy atom. The van der Waals surface area contributed by atoms with Crippen LogP contribution in [0.4, 0.5) is 14.5 Å². The van der Waals surface area contributed by atoms with Crippen molar-refractivity contribution in [1.29, 1.82) is 0 Å². The molecule has 0 aliphatic heterocycles. The van der Waals surface area contributed by atoms with Crippen LogP contribution < -0.4 is 5.32 Å². The molecule has 0 aliphatic rings. The zero-order chi connectivity index (χ0) is 13.1. The van der Waals surface area contributed by atoms with Crippen molar-refractivity contribution in [1.82, 2.24) is 9.78 Å². The molecule has 0 spiro atoms. The van der Waals surface area contributed by atoms with E-state index in [1.54, 1.807) is 24.1 Å². The van der Waals surface area contributed by atoms with Crippen LogP contribution in [0.2, 0.25) is 0 Å². The summed E-state index contributed by atoms with van der Waals surface area (Å²) in [5.74, 6) is -1.20. The van der Waals surface area contributed by atoms with Crippen molar-refractivity contribution in [3.63, 3.8) is 0 Å². The molecule has 0 bridgehead atoms. The Labute approximate surface area is 103 Å². The number of benzene rings is 1. The number of hydrogen-bond donors (Lipinski definition) is 2. The number of hydrogen-bond acceptors (Lipinski definition) is 3. The number of aryl methyl sites for hydroxylation is 1. The second-order valence-corrected chi connectivity index (χ2v) is 3.97. The Balaban J connectivity index is 2.03. The summed E-state index contributed by atoms with van der Waals surface area (Å²) < 4.78 is 27.9. The average Bonchev–Trinajstić information content (AvgIpc) is 2.75. The van der Waals surface area contributed by atoms with Crippen LogP contribution in [0.5, 0.6) is 0 Å². The molecule has 2 rings (SSSR count). The molecule has 0 saturated heterocycles. The minimum atomic E-state index is -1.12. The van der Waals surface area contributed by atoms with E-state index in [2.05, 4.69) is 10.4 Å². The summed E-state index contributed by atoms with van der Waals surface area (Å²) >= 11 is 0. The smallest absolute Gasteiger partial charge is 0.129 e. The van der Waals surface area contributed by atoms with Gasteiger partial charge in [-0.25, -0.2) is 8.78 Å². The monoisotopic (exact) mass is 253 g/mol. The Hall–Kier alpha value is -1.95. The molecule has 96 valence electrons. The average molecular weight is 253 g/mol. The van der Waals surface area contributed by atoms with Crippen molar-refractivity contribution in [3.05, 3.63) is 47.8 Å². The standard InChI is InChI=1S/C12H13F2N3O/c1-17-7-9(5-16-17)15-6-12(18)10-4-8(13)2-3-11(10)14/h2-5,7,12,15,18H,6H2,1H3. The van der Waals surface area contributed by atoms with Gasteiger partial charge in [-0.3, -0.25) is 4.68 Å². The lowest BCUT2D eigenvalue weighted by molar-refractivity contribution is 0.186. The number of aromatic nitrogens is 2. The first kappa shape index (κ1) is 12.5. The van der Waals surface area contributed by atoms with Crippen LogP contribution in [-0.4, -0.2) is 21.4 Å². The molecule has 1 aromatic carbocycles. The van der Waals surface area contributed by atoms with Crippen LogP contribution in [0.25, 0.3) is 0 Å². The van der Waals surface area contributed by atoms with E-state index in [4.69, 9.17) is 0 Å². The molecule has 4 nitrogen and oxygen atoms in total. The lowest BCUT2D eigenvalue weighted by Gasteiger charge is -2.12. The Morgan fingerprint density at radius 1 is 1.44 bits per heavy atom. The van der Waals surface area contributed by atoms with E-state index in [1.807, 2.05) is 0 Å². The second-order valence-electron chi connectivity index (χ2n) is 3.97. The molecule has 1 atom stereocenters. The summed E-state index contributed by atoms with van der Waals surface area (Å²) in [6.07, 6.45) is 2.17. The highest BCUT2D eigenvalue weighted by atomic mass is 19.1. The Morgan fingerprint density at radius 3 is 2.89 bits per heavy atom. The van der Waals surface area contributed by atoms with Gasteiger partial charge in [-0.1, -0.05) is 0 Å². The van der Waals surface area contributed by atoms with E-state index >= 15 is 0 Å². The molecule has 6 heteroatoms. The number of aliphatic hydroxyl groups excluding tert-OH is 1. The second kappa shape index (κ2) is 5.14. The maximum absolute atomic E-state index is 13.4. The largest absolute Gasteiger partial charge is 0.386 e. The van der Waals surface area contributed by atoms with Crippen LogP contribution in [-0.2, 0) is 7.05 Å². The maximum Gasteiger partial charge on any atom is 0.129 e. The maximum atomic E-state index is 13.4. The number of aliphatic hydroxyl groups is 1. The van der Waals surface area contributed by atoms with Gasteiger partial charge in [0, 0.05) is 25.4 Å². The summed E-state index contributed by atoms with van der Waals surface area (Å²) in [5, 5.41) is 16.6. The molecule has 0 amide bonds. The van der Waals surface area contributed by atoms with Crippen molar-refractivity contribution in [2.24, 2.45) is 7.05 Å². The highest BCUT2D eigenvalue weighted by molar-refractivity contribution is 5.38. The van der Waals surface area contributed by atoms with E-state index in [0.29, 0.717) is 5.69 Å². The first-order valence-electron chi connectivity index (χ1n) is 5.42. The van der Waals surface area contributed by atoms with Gasteiger partial charge >= 0.3 is 0 Å². The quantitative estimate of drug-likeness (QED) is 0.874. The fourth-order valence-electron chi connectivity index (χ4n) is 1.61. The fraction of sp³-hybridized carbons (Fsp3) is 0.250. The van der Waals surface area contributed by atoms with E-state index in [9.17, 15) is 13.9 Å². The van der Waals surface area contributed by atoms with Crippen molar-refractivity contribution < 1.29 is 13.9 Å². The van der Waals surface area contributed by atoms with Crippen molar-refractivity contribution in [2.75, 3.05) is 11.9 Å². The predicted molar refractivity (Wildman–Crippen MR) is 63.0 cm³/mol. The number of nitrogens with zero attached hydrogens (tertiary/aromatic N) is 2. The normalized spacial score (nSPS) is 12.4. The van der Waals surface area contributed by atoms with Gasteiger partial charge in [-0.2, -0.15) is 5.10 Å². The lowest BCUT2D eigenvalue weighted by Crippen LogP contribution is -2.13. The molecule has 0 saturated carbocycles. The van der Waals surface area contributed by atoms with Crippen LogP contribution in [0.3, 0.4) is 0 Å². The third-order valence-corrected chi connectivity index (χ3v) is 2.52. The summed E-state index contributed by atoms with van der Waals surface area (Å²) in [4.78, 5) is 0. The Bertz CT molecular complexity index is 542. The van der Waals surface area contributed by atoms with E-state index < -0.39 is 17.7 Å². The van der Waals surface area contributed by atoms with Gasteiger partial charge in [0.2, 0.25) is 0 Å². The highest BCUT2D eigenvalue weighted by Crippen LogP contribution is 2.19. The van der Waals surface area contributed by atoms with Crippen LogP contribution >= 0.6 is 0 Å². The van der Waals surface area contributed by atoms with Crippen molar-refractivity contribution >= 4 is 5.69 Å². The molecule has 0 fully saturated rings. The van der Waals surface area contributed by atoms with Gasteiger partial charge in [0.05, 0.1) is 18.0 Å². The van der Waals surface area contributed by atoms with Crippen molar-refractivity contribution in [2.45, 2.75) is 6.10 Å². The van der Waals surface area contributed by atoms with Crippen LogP contribution in [0.15, 0.2) is 30.6 Å². The molecule has 1 heterocycles. The summed E-state index contributed by atoms with van der Waals surface area (Å²) in [6.45, 7) is 0.0755. The number of nitrogens with one attached hydrogen (secondary N) is 1. The van der Waals surface area contributed by atoms with Crippen LogP contribution in [0.1, 0.15) is 11.7 Å². The number of rotatable bonds is 4. The topological polar surface area (TPSA) is 50.1 Å². The molecule has 0 aliphatic carbocycles. The summed E-state index contributed by atoms with van der Waals surface area (Å²) in [5.41, 5.74) is 0.639. The van der Waals surface area contributed by atoms with E-state index in [1.165, 1.54) is 0 Å². The van der Waals surface area contributed by atoms with Gasteiger partial charge < -0.3 is 10.4 Å². The van der Waals surface area contributed by atoms with Gasteiger partial charge in [-0.15, -0.1) is 0 Å². The fourth-order valence-corrected chi connectivity index (χ4v) is 1.61. The lowest BCUT2D eigenvalue weighted by atomic mass is 10.1. The van der Waals surface area contributed by atoms with E-state index in [0.717, 1.165) is 18.2 Å². The molecule has 1 unspecified atom stereocenters. The van der Waals surface area contributed by atoms with Crippen molar-refractivity contribution in [3.8, 4) is 0 Å². The zero-order valence-electron chi connectivity index (χ0n) is 9.77. The zero-order valence-corrected chi connectivity index (χ0v) is 9.77. The third-order valence-electron chi connectivity index (χ3n) is 2.52. The minimum absolute atomic E-state index is 0.0635. The highest BCUT2D eigenvalue weighted by Gasteiger charge is 2.13. The molecule has 2 N–H and O–H groups in total. The first-order chi connectivity index (χ1) is 8.56. The summed E-state index contributed by atoms with van der Waals surface area (Å²) in [6, 6.07) is 3.00. The molecular weight excluding hydrogens is 240 g/mol. The molecular formula is C12H13F2N3O. The Kier molecular flexibility index (Phi) is 3.57.